The standard InChI is InChI=1S/C15H25ClN6OS/c1-14(2,3)10-22(8(9(17)23)15(4,5)24-10)13-19-11(16)18-12(20-13)21(6)7/h8,10H,1-7H3,(H2,17,23). The Hall–Kier alpha value is -1.28. The van der Waals surface area contributed by atoms with Gasteiger partial charge in [-0.3, -0.25) is 4.79 Å². The minimum absolute atomic E-state index is 0.0292. The lowest BCUT2D eigenvalue weighted by molar-refractivity contribution is -0.119. The molecule has 1 aliphatic rings. The van der Waals surface area contributed by atoms with Crippen molar-refractivity contribution in [2.24, 2.45) is 11.1 Å². The predicted molar refractivity (Wildman–Crippen MR) is 99.5 cm³/mol. The highest BCUT2D eigenvalue weighted by Gasteiger charge is 2.54. The van der Waals surface area contributed by atoms with E-state index in [4.69, 9.17) is 17.3 Å². The van der Waals surface area contributed by atoms with E-state index in [-0.39, 0.29) is 20.8 Å². The summed E-state index contributed by atoms with van der Waals surface area (Å²) in [6, 6.07) is -0.541. The van der Waals surface area contributed by atoms with Gasteiger partial charge in [0.05, 0.1) is 5.37 Å². The first-order valence-electron chi connectivity index (χ1n) is 7.69. The average Bonchev–Trinajstić information content (AvgIpc) is 2.69. The number of primary amides is 1. The fourth-order valence-electron chi connectivity index (χ4n) is 2.82. The van der Waals surface area contributed by atoms with Gasteiger partial charge in [0.25, 0.3) is 0 Å². The number of thioether (sulfide) groups is 1. The van der Waals surface area contributed by atoms with Crippen molar-refractivity contribution in [3.63, 3.8) is 0 Å². The molecule has 9 heteroatoms. The van der Waals surface area contributed by atoms with Gasteiger partial charge in [0.1, 0.15) is 6.04 Å². The Morgan fingerprint density at radius 2 is 1.88 bits per heavy atom. The third kappa shape index (κ3) is 3.54. The van der Waals surface area contributed by atoms with Crippen LogP contribution in [0, 0.1) is 5.41 Å². The molecule has 0 aliphatic carbocycles. The maximum atomic E-state index is 12.2. The molecule has 0 saturated carbocycles. The Labute approximate surface area is 152 Å². The summed E-state index contributed by atoms with van der Waals surface area (Å²) >= 11 is 7.80. The largest absolute Gasteiger partial charge is 0.368 e. The van der Waals surface area contributed by atoms with E-state index in [0.717, 1.165) is 0 Å². The number of carbonyl (C=O) groups is 1. The van der Waals surface area contributed by atoms with Crippen LogP contribution in [-0.4, -0.2) is 51.1 Å². The maximum absolute atomic E-state index is 12.2. The van der Waals surface area contributed by atoms with Gasteiger partial charge < -0.3 is 15.5 Å². The molecule has 0 aromatic carbocycles. The molecule has 1 saturated heterocycles. The second-order valence-electron chi connectivity index (χ2n) is 7.75. The molecule has 1 amide bonds. The molecule has 0 spiro atoms. The molecular weight excluding hydrogens is 348 g/mol. The molecule has 0 bridgehead atoms. The van der Waals surface area contributed by atoms with Gasteiger partial charge in [0, 0.05) is 18.8 Å². The van der Waals surface area contributed by atoms with Crippen LogP contribution < -0.4 is 15.5 Å². The lowest BCUT2D eigenvalue weighted by Crippen LogP contribution is -2.53. The third-order valence-electron chi connectivity index (χ3n) is 3.83. The molecule has 2 atom stereocenters. The number of carbonyl (C=O) groups excluding carboxylic acids is 1. The van der Waals surface area contributed by atoms with Crippen LogP contribution in [0.1, 0.15) is 34.6 Å². The van der Waals surface area contributed by atoms with E-state index in [0.29, 0.717) is 11.9 Å². The van der Waals surface area contributed by atoms with Gasteiger partial charge in [-0.1, -0.05) is 20.8 Å². The van der Waals surface area contributed by atoms with Crippen molar-refractivity contribution in [1.82, 2.24) is 15.0 Å². The van der Waals surface area contributed by atoms with Crippen LogP contribution in [0.15, 0.2) is 0 Å². The van der Waals surface area contributed by atoms with Gasteiger partial charge >= 0.3 is 0 Å². The van der Waals surface area contributed by atoms with Gasteiger partial charge in [-0.05, 0) is 30.9 Å². The first kappa shape index (κ1) is 19.1. The van der Waals surface area contributed by atoms with E-state index < -0.39 is 11.9 Å². The van der Waals surface area contributed by atoms with Crippen LogP contribution in [0.3, 0.4) is 0 Å². The van der Waals surface area contributed by atoms with Crippen molar-refractivity contribution in [3.05, 3.63) is 5.28 Å². The highest BCUT2D eigenvalue weighted by Crippen LogP contribution is 2.51. The topological polar surface area (TPSA) is 88.2 Å². The highest BCUT2D eigenvalue weighted by molar-refractivity contribution is 8.01. The Kier molecular flexibility index (Phi) is 4.94. The number of hydrogen-bond donors (Lipinski definition) is 1. The summed E-state index contributed by atoms with van der Waals surface area (Å²) in [6.07, 6.45) is 0. The van der Waals surface area contributed by atoms with E-state index in [2.05, 4.69) is 35.7 Å². The van der Waals surface area contributed by atoms with Gasteiger partial charge in [-0.15, -0.1) is 11.8 Å². The van der Waals surface area contributed by atoms with Crippen molar-refractivity contribution in [2.45, 2.75) is 50.8 Å². The minimum atomic E-state index is -0.541. The third-order valence-corrected chi connectivity index (χ3v) is 5.99. The first-order valence-corrected chi connectivity index (χ1v) is 8.94. The minimum Gasteiger partial charge on any atom is -0.368 e. The zero-order valence-electron chi connectivity index (χ0n) is 15.2. The summed E-state index contributed by atoms with van der Waals surface area (Å²) < 4.78 is -0.374. The number of nitrogens with zero attached hydrogens (tertiary/aromatic N) is 5. The van der Waals surface area contributed by atoms with E-state index in [1.165, 1.54) is 0 Å². The average molecular weight is 373 g/mol. The number of anilines is 2. The van der Waals surface area contributed by atoms with Crippen LogP contribution in [0.25, 0.3) is 0 Å². The molecule has 1 aromatic rings. The van der Waals surface area contributed by atoms with Crippen molar-refractivity contribution in [3.8, 4) is 0 Å². The molecule has 1 aromatic heterocycles. The number of aromatic nitrogens is 3. The van der Waals surface area contributed by atoms with Gasteiger partial charge in [0.2, 0.25) is 23.1 Å². The lowest BCUT2D eigenvalue weighted by Gasteiger charge is -2.36. The first-order chi connectivity index (χ1) is 10.8. The summed E-state index contributed by atoms with van der Waals surface area (Å²) in [5, 5.41) is 0.0627. The molecule has 2 rings (SSSR count). The molecule has 2 N–H and O–H groups in total. The number of amides is 1. The highest BCUT2D eigenvalue weighted by atomic mass is 35.5. The van der Waals surface area contributed by atoms with E-state index in [9.17, 15) is 4.79 Å². The van der Waals surface area contributed by atoms with Crippen molar-refractivity contribution >= 4 is 41.2 Å². The van der Waals surface area contributed by atoms with E-state index in [1.807, 2.05) is 32.8 Å². The Balaban J connectivity index is 2.63. The number of rotatable bonds is 3. The zero-order valence-corrected chi connectivity index (χ0v) is 16.7. The lowest BCUT2D eigenvalue weighted by atomic mass is 9.93. The Morgan fingerprint density at radius 3 is 2.33 bits per heavy atom. The van der Waals surface area contributed by atoms with Crippen molar-refractivity contribution in [2.75, 3.05) is 23.9 Å². The van der Waals surface area contributed by atoms with Crippen LogP contribution in [0.4, 0.5) is 11.9 Å². The summed E-state index contributed by atoms with van der Waals surface area (Å²) in [7, 11) is 3.65. The van der Waals surface area contributed by atoms with Gasteiger partial charge in [-0.25, -0.2) is 0 Å². The summed E-state index contributed by atoms with van der Waals surface area (Å²) in [6.45, 7) is 10.4. The number of halogens is 1. The predicted octanol–water partition coefficient (Wildman–Crippen LogP) is 2.15. The van der Waals surface area contributed by atoms with Crippen LogP contribution in [0.5, 0.6) is 0 Å². The molecule has 134 valence electrons. The monoisotopic (exact) mass is 372 g/mol. The van der Waals surface area contributed by atoms with E-state index in [1.54, 1.807) is 16.7 Å². The molecule has 2 heterocycles. The molecule has 0 radical (unpaired) electrons. The number of nitrogens with two attached hydrogens (primary N) is 1. The second kappa shape index (κ2) is 6.22. The molecule has 24 heavy (non-hydrogen) atoms. The van der Waals surface area contributed by atoms with Crippen LogP contribution in [0.2, 0.25) is 5.28 Å². The van der Waals surface area contributed by atoms with Crippen LogP contribution in [-0.2, 0) is 4.79 Å². The van der Waals surface area contributed by atoms with Crippen molar-refractivity contribution < 1.29 is 4.79 Å². The summed E-state index contributed by atoms with van der Waals surface area (Å²) in [4.78, 5) is 28.8. The van der Waals surface area contributed by atoms with Crippen molar-refractivity contribution in [1.29, 1.82) is 0 Å². The maximum Gasteiger partial charge on any atom is 0.241 e. The molecule has 7 nitrogen and oxygen atoms in total. The Bertz CT molecular complexity index is 645. The summed E-state index contributed by atoms with van der Waals surface area (Å²) in [5.74, 6) is 0.415. The fourth-order valence-corrected chi connectivity index (χ4v) is 4.59. The van der Waals surface area contributed by atoms with Gasteiger partial charge in [-0.2, -0.15) is 15.0 Å². The SMILES string of the molecule is CN(C)c1nc(Cl)nc(N2C(C(C)(C)C)SC(C)(C)C2C(N)=O)n1. The van der Waals surface area contributed by atoms with Crippen LogP contribution >= 0.6 is 23.4 Å². The van der Waals surface area contributed by atoms with Gasteiger partial charge in [0.15, 0.2) is 0 Å². The molecule has 1 aliphatic heterocycles. The second-order valence-corrected chi connectivity index (χ2v) is 9.82. The number of hydrogen-bond acceptors (Lipinski definition) is 7. The summed E-state index contributed by atoms with van der Waals surface area (Å²) in [5.41, 5.74) is 5.61. The molecular formula is C15H25ClN6OS. The fraction of sp³-hybridized carbons (Fsp3) is 0.733. The Morgan fingerprint density at radius 1 is 1.29 bits per heavy atom. The van der Waals surface area contributed by atoms with E-state index >= 15 is 0 Å². The zero-order chi connectivity index (χ0) is 18.4. The quantitative estimate of drug-likeness (QED) is 0.869. The molecule has 1 fully saturated rings. The normalized spacial score (nSPS) is 23.4. The molecule has 2 unspecified atom stereocenters. The smallest absolute Gasteiger partial charge is 0.241 e.